The average molecular weight is 348 g/mol. The third-order valence-corrected chi connectivity index (χ3v) is 3.93. The van der Waals surface area contributed by atoms with Crippen LogP contribution < -0.4 is 10.5 Å². The maximum absolute atomic E-state index is 12.2. The highest BCUT2D eigenvalue weighted by molar-refractivity contribution is 9.10. The lowest BCUT2D eigenvalue weighted by Gasteiger charge is -2.11. The van der Waals surface area contributed by atoms with E-state index in [0.717, 1.165) is 21.3 Å². The van der Waals surface area contributed by atoms with Crippen LogP contribution in [0.4, 0.5) is 0 Å². The first-order valence-electron chi connectivity index (χ1n) is 6.75. The van der Waals surface area contributed by atoms with Crippen molar-refractivity contribution in [1.82, 2.24) is 0 Å². The van der Waals surface area contributed by atoms with Gasteiger partial charge in [0.25, 0.3) is 0 Å². The first-order chi connectivity index (χ1) is 10.1. The summed E-state index contributed by atoms with van der Waals surface area (Å²) < 4.78 is 6.01. The largest absolute Gasteiger partial charge is 0.496 e. The summed E-state index contributed by atoms with van der Waals surface area (Å²) in [6.07, 6.45) is 0.896. The number of nitrogens with two attached hydrogens (primary N) is 1. The molecule has 0 aliphatic rings. The zero-order chi connectivity index (χ0) is 15.2. The van der Waals surface area contributed by atoms with Gasteiger partial charge in [0.05, 0.1) is 17.6 Å². The molecule has 0 saturated heterocycles. The van der Waals surface area contributed by atoms with Gasteiger partial charge in [0.2, 0.25) is 0 Å². The molecule has 0 saturated carbocycles. The normalized spacial score (nSPS) is 12.0. The van der Waals surface area contributed by atoms with Gasteiger partial charge in [-0.2, -0.15) is 0 Å². The van der Waals surface area contributed by atoms with E-state index in [0.29, 0.717) is 12.8 Å². The Kier molecular flexibility index (Phi) is 5.53. The van der Waals surface area contributed by atoms with Gasteiger partial charge < -0.3 is 10.5 Å². The molecule has 0 fully saturated rings. The van der Waals surface area contributed by atoms with Crippen LogP contribution >= 0.6 is 15.9 Å². The fourth-order valence-corrected chi connectivity index (χ4v) is 2.72. The quantitative estimate of drug-likeness (QED) is 0.873. The molecule has 110 valence electrons. The highest BCUT2D eigenvalue weighted by Gasteiger charge is 2.15. The van der Waals surface area contributed by atoms with Crippen LogP contribution in [0.5, 0.6) is 5.75 Å². The highest BCUT2D eigenvalue weighted by atomic mass is 79.9. The van der Waals surface area contributed by atoms with E-state index in [1.807, 2.05) is 48.5 Å². The number of Topliss-reactive ketones (excluding diaryl/α,β-unsaturated/α-hetero) is 1. The van der Waals surface area contributed by atoms with Gasteiger partial charge in [0.1, 0.15) is 5.75 Å². The molecule has 0 bridgehead atoms. The summed E-state index contributed by atoms with van der Waals surface area (Å²) in [5.41, 5.74) is 8.01. The summed E-state index contributed by atoms with van der Waals surface area (Å²) in [5, 5.41) is 0. The number of benzene rings is 2. The third-order valence-electron chi connectivity index (χ3n) is 3.31. The Balaban J connectivity index is 1.99. The Morgan fingerprint density at radius 3 is 2.52 bits per heavy atom. The van der Waals surface area contributed by atoms with E-state index in [9.17, 15) is 4.79 Å². The number of carbonyl (C=O) groups is 1. The molecule has 0 radical (unpaired) electrons. The molecule has 0 aliphatic carbocycles. The molecule has 2 N–H and O–H groups in total. The van der Waals surface area contributed by atoms with Crippen LogP contribution in [0.3, 0.4) is 0 Å². The Bertz CT molecular complexity index is 613. The minimum atomic E-state index is -0.478. The molecule has 4 heteroatoms. The van der Waals surface area contributed by atoms with Crippen molar-refractivity contribution in [1.29, 1.82) is 0 Å². The van der Waals surface area contributed by atoms with E-state index < -0.39 is 6.04 Å². The Morgan fingerprint density at radius 1 is 1.19 bits per heavy atom. The van der Waals surface area contributed by atoms with Crippen LogP contribution in [-0.4, -0.2) is 18.9 Å². The van der Waals surface area contributed by atoms with Crippen LogP contribution in [0.1, 0.15) is 11.1 Å². The zero-order valence-electron chi connectivity index (χ0n) is 11.9. The summed E-state index contributed by atoms with van der Waals surface area (Å²) >= 11 is 3.42. The Morgan fingerprint density at radius 2 is 1.90 bits per heavy atom. The van der Waals surface area contributed by atoms with Crippen LogP contribution in [0.2, 0.25) is 0 Å². The summed E-state index contributed by atoms with van der Waals surface area (Å²) in [7, 11) is 1.61. The lowest BCUT2D eigenvalue weighted by molar-refractivity contribution is -0.119. The van der Waals surface area contributed by atoms with Crippen LogP contribution in [0.25, 0.3) is 0 Å². The molecular weight excluding hydrogens is 330 g/mol. The second kappa shape index (κ2) is 7.38. The maximum atomic E-state index is 12.2. The molecule has 0 aliphatic heterocycles. The van der Waals surface area contributed by atoms with Gasteiger partial charge in [0, 0.05) is 6.42 Å². The number of halogens is 1. The lowest BCUT2D eigenvalue weighted by Crippen LogP contribution is -2.33. The summed E-state index contributed by atoms with van der Waals surface area (Å²) in [6.45, 7) is 0. The summed E-state index contributed by atoms with van der Waals surface area (Å²) in [4.78, 5) is 12.2. The number of ketones is 1. The van der Waals surface area contributed by atoms with Crippen molar-refractivity contribution in [2.24, 2.45) is 5.73 Å². The standard InChI is InChI=1S/C17H18BrNO2/c1-21-17-8-7-13(9-14(17)18)11-16(20)15(19)10-12-5-3-2-4-6-12/h2-9,15H,10-11,19H2,1H3. The van der Waals surface area contributed by atoms with Crippen molar-refractivity contribution < 1.29 is 9.53 Å². The van der Waals surface area contributed by atoms with E-state index in [-0.39, 0.29) is 5.78 Å². The minimum absolute atomic E-state index is 0.0379. The molecule has 2 rings (SSSR count). The van der Waals surface area contributed by atoms with Crippen molar-refractivity contribution in [3.8, 4) is 5.75 Å². The van der Waals surface area contributed by atoms with Gasteiger partial charge in [-0.3, -0.25) is 4.79 Å². The summed E-state index contributed by atoms with van der Waals surface area (Å²) in [5.74, 6) is 0.788. The Labute approximate surface area is 133 Å². The van der Waals surface area contributed by atoms with Gasteiger partial charge in [-0.15, -0.1) is 0 Å². The number of hydrogen-bond donors (Lipinski definition) is 1. The van der Waals surface area contributed by atoms with Crippen LogP contribution in [0, 0.1) is 0 Å². The number of carbonyl (C=O) groups excluding carboxylic acids is 1. The molecule has 3 nitrogen and oxygen atoms in total. The molecular formula is C17H18BrNO2. The van der Waals surface area contributed by atoms with Gasteiger partial charge >= 0.3 is 0 Å². The minimum Gasteiger partial charge on any atom is -0.496 e. The predicted molar refractivity (Wildman–Crippen MR) is 87.5 cm³/mol. The number of ether oxygens (including phenoxy) is 1. The van der Waals surface area contributed by atoms with Crippen LogP contribution in [-0.2, 0) is 17.6 Å². The first-order valence-corrected chi connectivity index (χ1v) is 7.54. The SMILES string of the molecule is COc1ccc(CC(=O)C(N)Cc2ccccc2)cc1Br. The molecule has 1 unspecified atom stereocenters. The first kappa shape index (κ1) is 15.7. The fourth-order valence-electron chi connectivity index (χ4n) is 2.13. The van der Waals surface area contributed by atoms with Crippen LogP contribution in [0.15, 0.2) is 53.0 Å². The van der Waals surface area contributed by atoms with Gasteiger partial charge in [0.15, 0.2) is 5.78 Å². The molecule has 2 aromatic carbocycles. The maximum Gasteiger partial charge on any atom is 0.154 e. The third kappa shape index (κ3) is 4.41. The molecule has 0 aromatic heterocycles. The average Bonchev–Trinajstić information content (AvgIpc) is 2.48. The van der Waals surface area contributed by atoms with Gasteiger partial charge in [-0.1, -0.05) is 36.4 Å². The summed E-state index contributed by atoms with van der Waals surface area (Å²) in [6, 6.07) is 15.0. The smallest absolute Gasteiger partial charge is 0.154 e. The van der Waals surface area contributed by atoms with Crippen molar-refractivity contribution in [3.05, 3.63) is 64.1 Å². The monoisotopic (exact) mass is 347 g/mol. The predicted octanol–water partition coefficient (Wildman–Crippen LogP) is 3.14. The topological polar surface area (TPSA) is 52.3 Å². The van der Waals surface area contributed by atoms with E-state index in [1.165, 1.54) is 0 Å². The van der Waals surface area contributed by atoms with Gasteiger partial charge in [-0.25, -0.2) is 0 Å². The molecule has 0 heterocycles. The number of rotatable bonds is 6. The lowest BCUT2D eigenvalue weighted by atomic mass is 9.98. The van der Waals surface area contributed by atoms with Gasteiger partial charge in [-0.05, 0) is 45.6 Å². The Hall–Kier alpha value is -1.65. The zero-order valence-corrected chi connectivity index (χ0v) is 13.5. The molecule has 2 aromatic rings. The van der Waals surface area contributed by atoms with Crippen molar-refractivity contribution in [2.75, 3.05) is 7.11 Å². The molecule has 0 spiro atoms. The highest BCUT2D eigenvalue weighted by Crippen LogP contribution is 2.25. The van der Waals surface area contributed by atoms with Crippen molar-refractivity contribution in [3.63, 3.8) is 0 Å². The van der Waals surface area contributed by atoms with E-state index in [1.54, 1.807) is 7.11 Å². The number of hydrogen-bond acceptors (Lipinski definition) is 3. The molecule has 21 heavy (non-hydrogen) atoms. The van der Waals surface area contributed by atoms with E-state index in [4.69, 9.17) is 10.5 Å². The fraction of sp³-hybridized carbons (Fsp3) is 0.235. The van der Waals surface area contributed by atoms with Crippen molar-refractivity contribution in [2.45, 2.75) is 18.9 Å². The van der Waals surface area contributed by atoms with E-state index >= 15 is 0 Å². The second-order valence-electron chi connectivity index (χ2n) is 4.91. The molecule has 1 atom stereocenters. The number of methoxy groups -OCH3 is 1. The van der Waals surface area contributed by atoms with Crippen molar-refractivity contribution >= 4 is 21.7 Å². The molecule has 0 amide bonds. The second-order valence-corrected chi connectivity index (χ2v) is 5.76. The van der Waals surface area contributed by atoms with E-state index in [2.05, 4.69) is 15.9 Å².